The van der Waals surface area contributed by atoms with Gasteiger partial charge < -0.3 is 19.7 Å². The van der Waals surface area contributed by atoms with Crippen LogP contribution in [0.1, 0.15) is 10.5 Å². The molecule has 0 bridgehead atoms. The van der Waals surface area contributed by atoms with Crippen molar-refractivity contribution in [1.82, 2.24) is 20.0 Å². The van der Waals surface area contributed by atoms with Gasteiger partial charge in [-0.15, -0.1) is 10.2 Å². The van der Waals surface area contributed by atoms with Crippen LogP contribution >= 0.6 is 0 Å². The van der Waals surface area contributed by atoms with E-state index in [1.54, 1.807) is 17.0 Å². The molecule has 0 aliphatic carbocycles. The summed E-state index contributed by atoms with van der Waals surface area (Å²) in [4.78, 5) is 16.4. The number of aromatic nitrogens is 2. The molecular weight excluding hydrogens is 298 g/mol. The van der Waals surface area contributed by atoms with Gasteiger partial charge in [-0.05, 0) is 12.1 Å². The summed E-state index contributed by atoms with van der Waals surface area (Å²) >= 11 is 0. The first kappa shape index (κ1) is 16.1. The van der Waals surface area contributed by atoms with Gasteiger partial charge in [-0.3, -0.25) is 9.69 Å². The number of carbonyl (C=O) groups is 1. The van der Waals surface area contributed by atoms with Crippen molar-refractivity contribution in [3.05, 3.63) is 17.8 Å². The zero-order chi connectivity index (χ0) is 15.9. The lowest BCUT2D eigenvalue weighted by Crippen LogP contribution is -2.41. The molecule has 0 unspecified atom stereocenters. The summed E-state index contributed by atoms with van der Waals surface area (Å²) < 4.78 is 10.6. The van der Waals surface area contributed by atoms with Crippen LogP contribution in [-0.2, 0) is 9.47 Å². The van der Waals surface area contributed by atoms with E-state index >= 15 is 0 Å². The van der Waals surface area contributed by atoms with Crippen LogP contribution in [0.4, 0.5) is 5.82 Å². The predicted molar refractivity (Wildman–Crippen MR) is 84.5 cm³/mol. The van der Waals surface area contributed by atoms with E-state index < -0.39 is 0 Å². The van der Waals surface area contributed by atoms with Gasteiger partial charge in [0, 0.05) is 39.3 Å². The maximum Gasteiger partial charge on any atom is 0.274 e. The van der Waals surface area contributed by atoms with Gasteiger partial charge in [0.2, 0.25) is 0 Å². The molecule has 1 amide bonds. The number of anilines is 1. The third-order valence-electron chi connectivity index (χ3n) is 4.02. The molecule has 8 nitrogen and oxygen atoms in total. The lowest BCUT2D eigenvalue weighted by molar-refractivity contribution is 0.0298. The third kappa shape index (κ3) is 4.60. The second-order valence-corrected chi connectivity index (χ2v) is 5.59. The Hall–Kier alpha value is -1.77. The SMILES string of the molecule is O=C(c1ccc(NCCN2CCOCC2)nn1)N1CCOCC1. The summed E-state index contributed by atoms with van der Waals surface area (Å²) in [7, 11) is 0. The van der Waals surface area contributed by atoms with Crippen molar-refractivity contribution in [2.75, 3.05) is 71.0 Å². The number of amides is 1. The van der Waals surface area contributed by atoms with Crippen LogP contribution in [0.5, 0.6) is 0 Å². The molecule has 126 valence electrons. The number of nitrogens with one attached hydrogen (secondary N) is 1. The molecular formula is C15H23N5O3. The molecule has 1 N–H and O–H groups in total. The first-order valence-electron chi connectivity index (χ1n) is 8.08. The van der Waals surface area contributed by atoms with E-state index in [0.29, 0.717) is 37.8 Å². The molecule has 0 spiro atoms. The lowest BCUT2D eigenvalue weighted by Gasteiger charge is -2.26. The Morgan fingerprint density at radius 1 is 1.04 bits per heavy atom. The van der Waals surface area contributed by atoms with Crippen LogP contribution in [-0.4, -0.2) is 91.6 Å². The largest absolute Gasteiger partial charge is 0.379 e. The zero-order valence-corrected chi connectivity index (χ0v) is 13.2. The van der Waals surface area contributed by atoms with E-state index in [4.69, 9.17) is 9.47 Å². The summed E-state index contributed by atoms with van der Waals surface area (Å²) in [5, 5.41) is 11.4. The molecule has 1 aromatic heterocycles. The first-order chi connectivity index (χ1) is 11.3. The Labute approximate surface area is 135 Å². The standard InChI is InChI=1S/C15H23N5O3/c21-15(20-7-11-23-12-8-20)13-1-2-14(18-17-13)16-3-4-19-5-9-22-10-6-19/h1-2H,3-12H2,(H,16,18). The lowest BCUT2D eigenvalue weighted by atomic mass is 10.3. The van der Waals surface area contributed by atoms with Gasteiger partial charge in [0.1, 0.15) is 5.82 Å². The predicted octanol–water partition coefficient (Wildman–Crippen LogP) is -0.307. The minimum absolute atomic E-state index is 0.0827. The van der Waals surface area contributed by atoms with Gasteiger partial charge in [0.05, 0.1) is 26.4 Å². The molecule has 8 heteroatoms. The molecule has 3 heterocycles. The number of rotatable bonds is 5. The molecule has 0 radical (unpaired) electrons. The monoisotopic (exact) mass is 321 g/mol. The number of hydrogen-bond acceptors (Lipinski definition) is 7. The van der Waals surface area contributed by atoms with Crippen molar-refractivity contribution in [2.24, 2.45) is 0 Å². The maximum absolute atomic E-state index is 12.3. The Morgan fingerprint density at radius 2 is 1.74 bits per heavy atom. The number of nitrogens with zero attached hydrogens (tertiary/aromatic N) is 4. The van der Waals surface area contributed by atoms with Crippen LogP contribution in [0, 0.1) is 0 Å². The van der Waals surface area contributed by atoms with Crippen molar-refractivity contribution < 1.29 is 14.3 Å². The molecule has 0 saturated carbocycles. The van der Waals surface area contributed by atoms with Crippen LogP contribution in [0.25, 0.3) is 0 Å². The average molecular weight is 321 g/mol. The Balaban J connectivity index is 1.45. The van der Waals surface area contributed by atoms with E-state index in [9.17, 15) is 4.79 Å². The minimum Gasteiger partial charge on any atom is -0.379 e. The fourth-order valence-corrected chi connectivity index (χ4v) is 2.64. The Morgan fingerprint density at radius 3 is 2.39 bits per heavy atom. The quantitative estimate of drug-likeness (QED) is 0.797. The van der Waals surface area contributed by atoms with Crippen LogP contribution in [0.3, 0.4) is 0 Å². The normalized spacial score (nSPS) is 19.6. The summed E-state index contributed by atoms with van der Waals surface area (Å²) in [6.07, 6.45) is 0. The summed E-state index contributed by atoms with van der Waals surface area (Å²) in [5.74, 6) is 0.609. The van der Waals surface area contributed by atoms with Crippen molar-refractivity contribution in [3.63, 3.8) is 0 Å². The fraction of sp³-hybridized carbons (Fsp3) is 0.667. The highest BCUT2D eigenvalue weighted by Gasteiger charge is 2.19. The van der Waals surface area contributed by atoms with Crippen LogP contribution in [0.2, 0.25) is 0 Å². The highest BCUT2D eigenvalue weighted by Crippen LogP contribution is 2.07. The smallest absolute Gasteiger partial charge is 0.274 e. The highest BCUT2D eigenvalue weighted by molar-refractivity contribution is 5.92. The van der Waals surface area contributed by atoms with E-state index in [1.807, 2.05) is 0 Å². The zero-order valence-electron chi connectivity index (χ0n) is 13.2. The molecule has 23 heavy (non-hydrogen) atoms. The van der Waals surface area contributed by atoms with Crippen molar-refractivity contribution in [1.29, 1.82) is 0 Å². The summed E-state index contributed by atoms with van der Waals surface area (Å²) in [5.41, 5.74) is 0.380. The molecule has 2 fully saturated rings. The van der Waals surface area contributed by atoms with E-state index in [0.717, 1.165) is 39.4 Å². The molecule has 1 aromatic rings. The Kier molecular flexibility index (Phi) is 5.73. The molecule has 0 atom stereocenters. The third-order valence-corrected chi connectivity index (χ3v) is 4.02. The number of hydrogen-bond donors (Lipinski definition) is 1. The molecule has 0 aromatic carbocycles. The molecule has 2 saturated heterocycles. The molecule has 3 rings (SSSR count). The number of ether oxygens (including phenoxy) is 2. The van der Waals surface area contributed by atoms with Crippen LogP contribution < -0.4 is 5.32 Å². The Bertz CT molecular complexity index is 498. The van der Waals surface area contributed by atoms with Gasteiger partial charge in [0.25, 0.3) is 5.91 Å². The topological polar surface area (TPSA) is 79.8 Å². The second kappa shape index (κ2) is 8.19. The minimum atomic E-state index is -0.0827. The molecule has 2 aliphatic rings. The van der Waals surface area contributed by atoms with E-state index in [-0.39, 0.29) is 5.91 Å². The van der Waals surface area contributed by atoms with Gasteiger partial charge >= 0.3 is 0 Å². The first-order valence-corrected chi connectivity index (χ1v) is 8.08. The van der Waals surface area contributed by atoms with Crippen molar-refractivity contribution in [2.45, 2.75) is 0 Å². The van der Waals surface area contributed by atoms with Crippen molar-refractivity contribution >= 4 is 11.7 Å². The number of carbonyl (C=O) groups excluding carboxylic acids is 1. The van der Waals surface area contributed by atoms with E-state index in [2.05, 4.69) is 20.4 Å². The average Bonchev–Trinajstić information content (AvgIpc) is 2.63. The fourth-order valence-electron chi connectivity index (χ4n) is 2.64. The summed E-state index contributed by atoms with van der Waals surface area (Å²) in [6.45, 7) is 7.68. The van der Waals surface area contributed by atoms with Crippen LogP contribution in [0.15, 0.2) is 12.1 Å². The van der Waals surface area contributed by atoms with E-state index in [1.165, 1.54) is 0 Å². The maximum atomic E-state index is 12.3. The van der Waals surface area contributed by atoms with Gasteiger partial charge in [-0.25, -0.2) is 0 Å². The number of morpholine rings is 2. The highest BCUT2D eigenvalue weighted by atomic mass is 16.5. The summed E-state index contributed by atoms with van der Waals surface area (Å²) in [6, 6.07) is 3.53. The van der Waals surface area contributed by atoms with Crippen molar-refractivity contribution in [3.8, 4) is 0 Å². The van der Waals surface area contributed by atoms with Gasteiger partial charge in [-0.1, -0.05) is 0 Å². The second-order valence-electron chi connectivity index (χ2n) is 5.59. The molecule has 2 aliphatic heterocycles. The van der Waals surface area contributed by atoms with Gasteiger partial charge in [0.15, 0.2) is 5.69 Å². The van der Waals surface area contributed by atoms with Gasteiger partial charge in [-0.2, -0.15) is 0 Å².